The first-order valence-electron chi connectivity index (χ1n) is 9.87. The van der Waals surface area contributed by atoms with Crippen LogP contribution < -0.4 is 5.32 Å². The Hall–Kier alpha value is -2.82. The number of hydrogen-bond donors (Lipinski definition) is 2. The number of fused-ring (bicyclic) bond motifs is 1. The van der Waals surface area contributed by atoms with Crippen LogP contribution in [0, 0.1) is 6.92 Å². The van der Waals surface area contributed by atoms with Crippen molar-refractivity contribution in [2.24, 2.45) is 0 Å². The fourth-order valence-electron chi connectivity index (χ4n) is 3.49. The number of nitrogens with one attached hydrogen (secondary N) is 2. The second-order valence-corrected chi connectivity index (χ2v) is 11.4. The molecule has 4 aromatic rings. The predicted octanol–water partition coefficient (Wildman–Crippen LogP) is 4.37. The van der Waals surface area contributed by atoms with Crippen molar-refractivity contribution >= 4 is 55.3 Å². The number of rotatable bonds is 6. The van der Waals surface area contributed by atoms with Gasteiger partial charge in [0.2, 0.25) is 0 Å². The average Bonchev–Trinajstić information content (AvgIpc) is 3.37. The van der Waals surface area contributed by atoms with E-state index in [1.807, 2.05) is 13.0 Å². The lowest BCUT2D eigenvalue weighted by Gasteiger charge is -2.11. The van der Waals surface area contributed by atoms with Crippen LogP contribution in [0.5, 0.6) is 0 Å². The summed E-state index contributed by atoms with van der Waals surface area (Å²) >= 11 is 7.61. The predicted molar refractivity (Wildman–Crippen MR) is 125 cm³/mol. The number of aromatic nitrogens is 4. The summed E-state index contributed by atoms with van der Waals surface area (Å²) in [4.78, 5) is 21.1. The minimum Gasteiger partial charge on any atom is -0.320 e. The number of benzene rings is 1. The van der Waals surface area contributed by atoms with Gasteiger partial charge in [-0.25, -0.2) is 18.4 Å². The number of aryl methyl sites for hydroxylation is 1. The van der Waals surface area contributed by atoms with Crippen LogP contribution in [0.2, 0.25) is 5.15 Å². The molecule has 0 spiro atoms. The number of amides is 1. The molecule has 32 heavy (non-hydrogen) atoms. The number of nitrogens with zero attached hydrogens (tertiary/aromatic N) is 3. The lowest BCUT2D eigenvalue weighted by Crippen LogP contribution is -2.12. The van der Waals surface area contributed by atoms with Crippen LogP contribution in [0.4, 0.5) is 5.69 Å². The fourth-order valence-corrected chi connectivity index (χ4v) is 6.08. The number of carbonyl (C=O) groups is 1. The molecule has 1 aliphatic rings. The summed E-state index contributed by atoms with van der Waals surface area (Å²) in [5.74, 6) is -0.462. The van der Waals surface area contributed by atoms with Gasteiger partial charge in [-0.2, -0.15) is 5.10 Å². The zero-order chi connectivity index (χ0) is 22.5. The maximum Gasteiger partial charge on any atom is 0.275 e. The Balaban J connectivity index is 1.52. The maximum atomic E-state index is 12.7. The molecule has 0 aliphatic heterocycles. The Morgan fingerprint density at radius 3 is 2.78 bits per heavy atom. The molecule has 1 saturated carbocycles. The summed E-state index contributed by atoms with van der Waals surface area (Å²) in [6.45, 7) is 1.84. The van der Waals surface area contributed by atoms with E-state index < -0.39 is 9.84 Å². The van der Waals surface area contributed by atoms with E-state index in [2.05, 4.69) is 25.5 Å². The van der Waals surface area contributed by atoms with Gasteiger partial charge in [0, 0.05) is 28.1 Å². The average molecular weight is 488 g/mol. The Bertz CT molecular complexity index is 1460. The normalized spacial score (nSPS) is 14.1. The minimum atomic E-state index is -3.24. The summed E-state index contributed by atoms with van der Waals surface area (Å²) in [6, 6.07) is 5.41. The van der Waals surface area contributed by atoms with Gasteiger partial charge in [-0.05, 0) is 43.5 Å². The van der Waals surface area contributed by atoms with Crippen molar-refractivity contribution in [3.63, 3.8) is 0 Å². The molecule has 0 radical (unpaired) electrons. The zero-order valence-electron chi connectivity index (χ0n) is 16.9. The molecule has 1 amide bonds. The van der Waals surface area contributed by atoms with Crippen molar-refractivity contribution in [1.82, 2.24) is 20.2 Å². The van der Waals surface area contributed by atoms with Gasteiger partial charge >= 0.3 is 0 Å². The molecule has 1 aromatic carbocycles. The quantitative estimate of drug-likeness (QED) is 0.390. The summed E-state index contributed by atoms with van der Waals surface area (Å²) < 4.78 is 24.9. The molecule has 3 aromatic heterocycles. The number of pyridine rings is 1. The summed E-state index contributed by atoms with van der Waals surface area (Å²) in [7, 11) is -3.24. The fraction of sp³-hybridized carbons (Fsp3) is 0.238. The number of carbonyl (C=O) groups excluding carboxylic acids is 1. The SMILES string of the molecule is Cc1nc(C(=O)Nc2cc(-c3cnc(Cl)c(CS(=O)(=O)C4CC4)c3)cc3[nH]ncc23)cs1. The van der Waals surface area contributed by atoms with Crippen molar-refractivity contribution in [3.05, 3.63) is 57.4 Å². The number of thiazole rings is 1. The van der Waals surface area contributed by atoms with Crippen LogP contribution in [0.15, 0.2) is 36.0 Å². The van der Waals surface area contributed by atoms with Gasteiger partial charge in [-0.15, -0.1) is 11.3 Å². The molecule has 1 fully saturated rings. The molecule has 8 nitrogen and oxygen atoms in total. The molecule has 0 saturated heterocycles. The Morgan fingerprint density at radius 2 is 2.06 bits per heavy atom. The number of sulfone groups is 1. The van der Waals surface area contributed by atoms with Crippen LogP contribution in [0.1, 0.15) is 33.9 Å². The molecule has 164 valence electrons. The molecular weight excluding hydrogens is 470 g/mol. The van der Waals surface area contributed by atoms with Crippen LogP contribution in [0.3, 0.4) is 0 Å². The van der Waals surface area contributed by atoms with Gasteiger partial charge in [0.05, 0.1) is 33.4 Å². The van der Waals surface area contributed by atoms with E-state index in [1.54, 1.807) is 29.9 Å². The monoisotopic (exact) mass is 487 g/mol. The minimum absolute atomic E-state index is 0.142. The largest absolute Gasteiger partial charge is 0.320 e. The van der Waals surface area contributed by atoms with E-state index in [9.17, 15) is 13.2 Å². The number of H-pyrrole nitrogens is 1. The Labute approximate surface area is 193 Å². The van der Waals surface area contributed by atoms with E-state index in [0.717, 1.165) is 21.5 Å². The first-order valence-corrected chi connectivity index (χ1v) is 12.8. The number of aromatic amines is 1. The van der Waals surface area contributed by atoms with Gasteiger partial charge in [0.1, 0.15) is 10.8 Å². The third-order valence-corrected chi connectivity index (χ3v) is 8.61. The van der Waals surface area contributed by atoms with E-state index in [0.29, 0.717) is 35.3 Å². The van der Waals surface area contributed by atoms with E-state index in [1.165, 1.54) is 11.3 Å². The van der Waals surface area contributed by atoms with Gasteiger partial charge in [-0.1, -0.05) is 11.6 Å². The first-order chi connectivity index (χ1) is 15.3. The molecule has 11 heteroatoms. The Kier molecular flexibility index (Phi) is 5.23. The highest BCUT2D eigenvalue weighted by atomic mass is 35.5. The molecule has 3 heterocycles. The van der Waals surface area contributed by atoms with E-state index in [4.69, 9.17) is 11.6 Å². The molecule has 0 bridgehead atoms. The van der Waals surface area contributed by atoms with Crippen molar-refractivity contribution < 1.29 is 13.2 Å². The highest BCUT2D eigenvalue weighted by molar-refractivity contribution is 7.91. The summed E-state index contributed by atoms with van der Waals surface area (Å²) in [5.41, 5.74) is 3.51. The van der Waals surface area contributed by atoms with Crippen LogP contribution in [-0.4, -0.2) is 39.7 Å². The maximum absolute atomic E-state index is 12.7. The molecule has 0 atom stereocenters. The smallest absolute Gasteiger partial charge is 0.275 e. The molecule has 2 N–H and O–H groups in total. The van der Waals surface area contributed by atoms with Gasteiger partial charge < -0.3 is 5.32 Å². The second kappa shape index (κ2) is 7.95. The summed E-state index contributed by atoms with van der Waals surface area (Å²) in [5, 5.41) is 13.0. The molecule has 1 aliphatic carbocycles. The molecule has 5 rings (SSSR count). The zero-order valence-corrected chi connectivity index (χ0v) is 19.3. The van der Waals surface area contributed by atoms with Gasteiger partial charge in [0.15, 0.2) is 9.84 Å². The van der Waals surface area contributed by atoms with Crippen molar-refractivity contribution in [1.29, 1.82) is 0 Å². The van der Waals surface area contributed by atoms with Crippen molar-refractivity contribution in [2.75, 3.05) is 5.32 Å². The van der Waals surface area contributed by atoms with E-state index >= 15 is 0 Å². The van der Waals surface area contributed by atoms with Gasteiger partial charge in [0.25, 0.3) is 5.91 Å². The third-order valence-electron chi connectivity index (χ3n) is 5.29. The lowest BCUT2D eigenvalue weighted by molar-refractivity contribution is 0.102. The van der Waals surface area contributed by atoms with E-state index in [-0.39, 0.29) is 22.1 Å². The molecular formula is C21H18ClN5O3S2. The number of halogens is 1. The second-order valence-electron chi connectivity index (χ2n) is 7.74. The number of hydrogen-bond acceptors (Lipinski definition) is 7. The van der Waals surface area contributed by atoms with Crippen LogP contribution in [-0.2, 0) is 15.6 Å². The van der Waals surface area contributed by atoms with Gasteiger partial charge in [-0.3, -0.25) is 9.89 Å². The highest BCUT2D eigenvalue weighted by Gasteiger charge is 2.36. The summed E-state index contributed by atoms with van der Waals surface area (Å²) in [6.07, 6.45) is 4.62. The van der Waals surface area contributed by atoms with Crippen LogP contribution >= 0.6 is 22.9 Å². The highest BCUT2D eigenvalue weighted by Crippen LogP contribution is 2.34. The first kappa shape index (κ1) is 21.0. The third kappa shape index (κ3) is 4.13. The lowest BCUT2D eigenvalue weighted by atomic mass is 10.0. The topological polar surface area (TPSA) is 118 Å². The standard InChI is InChI=1S/C21H18ClN5O3S2/c1-11-25-19(9-31-11)21(28)26-17-5-12(6-18-16(17)8-24-27-18)13-4-14(20(22)23-7-13)10-32(29,30)15-2-3-15/h4-9,15H,2-3,10H2,1H3,(H,24,27)(H,26,28). The van der Waals surface area contributed by atoms with Crippen molar-refractivity contribution in [2.45, 2.75) is 30.8 Å². The number of anilines is 1. The van der Waals surface area contributed by atoms with Crippen LogP contribution in [0.25, 0.3) is 22.0 Å². The molecule has 0 unspecified atom stereocenters. The Morgan fingerprint density at radius 1 is 1.25 bits per heavy atom. The van der Waals surface area contributed by atoms with Crippen molar-refractivity contribution in [3.8, 4) is 11.1 Å².